The number of benzene rings is 3. The summed E-state index contributed by atoms with van der Waals surface area (Å²) in [6, 6.07) is 24.9. The van der Waals surface area contributed by atoms with Gasteiger partial charge in [-0.3, -0.25) is 0 Å². The minimum absolute atomic E-state index is 0.244. The quantitative estimate of drug-likeness (QED) is 0.694. The topological polar surface area (TPSA) is 40.5 Å². The summed E-state index contributed by atoms with van der Waals surface area (Å²) in [5.41, 5.74) is 5.87. The minimum Gasteiger partial charge on any atom is -0.423 e. The van der Waals surface area contributed by atoms with Crippen LogP contribution in [0.2, 0.25) is 0 Å². The van der Waals surface area contributed by atoms with Gasteiger partial charge in [-0.05, 0) is 45.6 Å². The third-order valence-corrected chi connectivity index (χ3v) is 6.19. The molecule has 2 aliphatic rings. The molecule has 0 fully saturated rings. The predicted octanol–water partition coefficient (Wildman–Crippen LogP) is 3.81. The van der Waals surface area contributed by atoms with Crippen molar-refractivity contribution in [2.75, 3.05) is 0 Å². The predicted molar refractivity (Wildman–Crippen MR) is 114 cm³/mol. The van der Waals surface area contributed by atoms with E-state index in [-0.39, 0.29) is 11.3 Å². The van der Waals surface area contributed by atoms with Crippen molar-refractivity contribution in [3.05, 3.63) is 114 Å². The Hall–Kier alpha value is -2.88. The molecule has 0 spiro atoms. The van der Waals surface area contributed by atoms with E-state index in [4.69, 9.17) is 0 Å². The Morgan fingerprint density at radius 1 is 0.786 bits per heavy atom. The average molecular weight is 364 g/mol. The second-order valence-electron chi connectivity index (χ2n) is 7.52. The fourth-order valence-electron chi connectivity index (χ4n) is 5.13. The van der Waals surface area contributed by atoms with Crippen LogP contribution < -0.4 is 5.46 Å². The van der Waals surface area contributed by atoms with Crippen molar-refractivity contribution in [1.29, 1.82) is 0 Å². The van der Waals surface area contributed by atoms with Gasteiger partial charge in [-0.25, -0.2) is 0 Å². The highest BCUT2D eigenvalue weighted by molar-refractivity contribution is 6.60. The third-order valence-electron chi connectivity index (χ3n) is 6.19. The largest absolute Gasteiger partial charge is 0.489 e. The molecule has 2 nitrogen and oxygen atoms in total. The molecule has 2 N–H and O–H groups in total. The zero-order valence-corrected chi connectivity index (χ0v) is 15.5. The lowest BCUT2D eigenvalue weighted by molar-refractivity contribution is 0.425. The molecule has 0 heterocycles. The van der Waals surface area contributed by atoms with Gasteiger partial charge in [0.05, 0.1) is 5.41 Å². The summed E-state index contributed by atoms with van der Waals surface area (Å²) in [7, 11) is -1.50. The first-order valence-electron chi connectivity index (χ1n) is 9.73. The van der Waals surface area contributed by atoms with E-state index in [1.165, 1.54) is 11.1 Å². The van der Waals surface area contributed by atoms with E-state index in [0.29, 0.717) is 5.46 Å². The summed E-state index contributed by atoms with van der Waals surface area (Å²) < 4.78 is 0. The maximum atomic E-state index is 10.1. The van der Waals surface area contributed by atoms with E-state index < -0.39 is 7.12 Å². The van der Waals surface area contributed by atoms with Crippen molar-refractivity contribution in [1.82, 2.24) is 0 Å². The fourth-order valence-corrected chi connectivity index (χ4v) is 5.13. The van der Waals surface area contributed by atoms with Crippen molar-refractivity contribution in [3.63, 3.8) is 0 Å². The molecule has 136 valence electrons. The summed E-state index contributed by atoms with van der Waals surface area (Å²) >= 11 is 0. The van der Waals surface area contributed by atoms with Crippen molar-refractivity contribution >= 4 is 12.6 Å². The first-order valence-corrected chi connectivity index (χ1v) is 9.73. The van der Waals surface area contributed by atoms with Gasteiger partial charge in [0.25, 0.3) is 0 Å². The summed E-state index contributed by atoms with van der Waals surface area (Å²) in [5.74, 6) is 0.244. The molecule has 0 amide bonds. The SMILES string of the molecule is OB(O)c1cccc2c1-c1ccccc1C2(c1ccccc1)C1C=CC=CC1. The smallest absolute Gasteiger partial charge is 0.423 e. The van der Waals surface area contributed by atoms with Gasteiger partial charge in [0.15, 0.2) is 0 Å². The van der Waals surface area contributed by atoms with Crippen molar-refractivity contribution < 1.29 is 10.0 Å². The van der Waals surface area contributed by atoms with Crippen LogP contribution >= 0.6 is 0 Å². The molecule has 0 bridgehead atoms. The van der Waals surface area contributed by atoms with Gasteiger partial charge in [0, 0.05) is 0 Å². The van der Waals surface area contributed by atoms with Crippen LogP contribution in [0.5, 0.6) is 0 Å². The maximum absolute atomic E-state index is 10.1. The van der Waals surface area contributed by atoms with E-state index in [9.17, 15) is 10.0 Å². The van der Waals surface area contributed by atoms with Crippen molar-refractivity contribution in [3.8, 4) is 11.1 Å². The van der Waals surface area contributed by atoms with Crippen LogP contribution in [0, 0.1) is 5.92 Å². The summed E-state index contributed by atoms with van der Waals surface area (Å²) in [5, 5.41) is 20.2. The molecule has 2 unspecified atom stereocenters. The molecule has 3 aromatic rings. The molecule has 2 atom stereocenters. The van der Waals surface area contributed by atoms with Crippen molar-refractivity contribution in [2.24, 2.45) is 5.92 Å². The van der Waals surface area contributed by atoms with Gasteiger partial charge in [-0.2, -0.15) is 0 Å². The van der Waals surface area contributed by atoms with Crippen LogP contribution in [0.1, 0.15) is 23.1 Å². The molecule has 0 saturated carbocycles. The molecule has 0 saturated heterocycles. The lowest BCUT2D eigenvalue weighted by atomic mass is 9.62. The maximum Gasteiger partial charge on any atom is 0.489 e. The lowest BCUT2D eigenvalue weighted by Gasteiger charge is -2.39. The van der Waals surface area contributed by atoms with Gasteiger partial charge < -0.3 is 10.0 Å². The monoisotopic (exact) mass is 364 g/mol. The van der Waals surface area contributed by atoms with E-state index in [0.717, 1.165) is 23.1 Å². The van der Waals surface area contributed by atoms with Crippen LogP contribution in [0.15, 0.2) is 97.1 Å². The number of hydrogen-bond donors (Lipinski definition) is 2. The van der Waals surface area contributed by atoms with Gasteiger partial charge in [-0.15, -0.1) is 0 Å². The van der Waals surface area contributed by atoms with Gasteiger partial charge >= 0.3 is 7.12 Å². The van der Waals surface area contributed by atoms with Crippen LogP contribution in [0.4, 0.5) is 0 Å². The molecule has 3 heteroatoms. The molecule has 5 rings (SSSR count). The second-order valence-corrected chi connectivity index (χ2v) is 7.52. The van der Waals surface area contributed by atoms with Crippen LogP contribution in [-0.2, 0) is 5.41 Å². The average Bonchev–Trinajstić information content (AvgIpc) is 3.06. The lowest BCUT2D eigenvalue weighted by Crippen LogP contribution is -2.37. The highest BCUT2D eigenvalue weighted by atomic mass is 16.4. The molecular formula is C25H21BO2. The van der Waals surface area contributed by atoms with E-state index >= 15 is 0 Å². The Bertz CT molecular complexity index is 1080. The van der Waals surface area contributed by atoms with Crippen LogP contribution in [0.3, 0.4) is 0 Å². The van der Waals surface area contributed by atoms with Crippen LogP contribution in [-0.4, -0.2) is 17.2 Å². The Labute approximate surface area is 165 Å². The molecule has 0 aliphatic heterocycles. The number of allylic oxidation sites excluding steroid dienone is 4. The van der Waals surface area contributed by atoms with Gasteiger partial charge in [-0.1, -0.05) is 97.1 Å². The molecule has 3 aromatic carbocycles. The first-order chi connectivity index (χ1) is 13.7. The molecular weight excluding hydrogens is 343 g/mol. The molecule has 0 radical (unpaired) electrons. The second kappa shape index (κ2) is 6.63. The minimum atomic E-state index is -1.50. The Balaban J connectivity index is 1.92. The highest BCUT2D eigenvalue weighted by Gasteiger charge is 2.49. The molecule has 28 heavy (non-hydrogen) atoms. The van der Waals surface area contributed by atoms with Gasteiger partial charge in [0.1, 0.15) is 0 Å². The Morgan fingerprint density at radius 3 is 2.29 bits per heavy atom. The summed E-state index contributed by atoms with van der Waals surface area (Å²) in [4.78, 5) is 0. The summed E-state index contributed by atoms with van der Waals surface area (Å²) in [6.07, 6.45) is 9.68. The Kier molecular flexibility index (Phi) is 4.08. The molecule has 0 aromatic heterocycles. The zero-order valence-electron chi connectivity index (χ0n) is 15.5. The highest BCUT2D eigenvalue weighted by Crippen LogP contribution is 2.57. The first kappa shape index (κ1) is 17.2. The van der Waals surface area contributed by atoms with E-state index in [2.05, 4.69) is 72.8 Å². The zero-order chi connectivity index (χ0) is 19.1. The number of hydrogen-bond acceptors (Lipinski definition) is 2. The normalized spacial score (nSPS) is 22.0. The van der Waals surface area contributed by atoms with Crippen molar-refractivity contribution in [2.45, 2.75) is 11.8 Å². The van der Waals surface area contributed by atoms with Gasteiger partial charge in [0.2, 0.25) is 0 Å². The number of fused-ring (bicyclic) bond motifs is 3. The molecule has 2 aliphatic carbocycles. The van der Waals surface area contributed by atoms with E-state index in [1.54, 1.807) is 0 Å². The summed E-state index contributed by atoms with van der Waals surface area (Å²) in [6.45, 7) is 0. The fraction of sp³-hybridized carbons (Fsp3) is 0.120. The number of rotatable bonds is 3. The van der Waals surface area contributed by atoms with Crippen LogP contribution in [0.25, 0.3) is 11.1 Å². The third kappa shape index (κ3) is 2.30. The standard InChI is InChI=1S/C25H21BO2/c27-26(28)23-17-9-16-22-24(23)20-14-7-8-15-21(20)25(22,18-10-3-1-4-11-18)19-12-5-2-6-13-19/h1-12,14-17,19,27-28H,13H2. The Morgan fingerprint density at radius 2 is 1.54 bits per heavy atom. The van der Waals surface area contributed by atoms with E-state index in [1.807, 2.05) is 24.3 Å².